The molecule has 0 saturated carbocycles. The van der Waals surface area contributed by atoms with Crippen LogP contribution in [0.15, 0.2) is 112 Å². The van der Waals surface area contributed by atoms with Gasteiger partial charge in [0.1, 0.15) is 35.2 Å². The molecule has 4 heterocycles. The van der Waals surface area contributed by atoms with Gasteiger partial charge in [0.2, 0.25) is 5.91 Å². The minimum Gasteiger partial charge on any atom is -0.497 e. The van der Waals surface area contributed by atoms with Crippen LogP contribution in [0.3, 0.4) is 0 Å². The van der Waals surface area contributed by atoms with Crippen molar-refractivity contribution in [3.8, 4) is 17.0 Å². The molecule has 0 unspecified atom stereocenters. The van der Waals surface area contributed by atoms with Crippen LogP contribution in [-0.4, -0.2) is 62.9 Å². The van der Waals surface area contributed by atoms with E-state index in [9.17, 15) is 14.4 Å². The molecule has 1 fully saturated rings. The third-order valence-electron chi connectivity index (χ3n) is 7.08. The Morgan fingerprint density at radius 1 is 1.11 bits per heavy atom. The summed E-state index contributed by atoms with van der Waals surface area (Å²) in [5.74, 6) is 0.475. The predicted octanol–water partition coefficient (Wildman–Crippen LogP) is 4.95. The van der Waals surface area contributed by atoms with Crippen LogP contribution in [0.1, 0.15) is 11.3 Å². The average molecular weight is 641 g/mol. The van der Waals surface area contributed by atoms with Crippen molar-refractivity contribution in [3.63, 3.8) is 0 Å². The number of hydrogen-bond acceptors (Lipinski definition) is 10. The predicted molar refractivity (Wildman–Crippen MR) is 171 cm³/mol. The van der Waals surface area contributed by atoms with E-state index in [0.29, 0.717) is 28.5 Å². The highest BCUT2D eigenvalue weighted by molar-refractivity contribution is 8.00. The Balaban J connectivity index is 1.19. The van der Waals surface area contributed by atoms with Crippen molar-refractivity contribution in [2.45, 2.75) is 22.9 Å². The zero-order valence-corrected chi connectivity index (χ0v) is 25.8. The summed E-state index contributed by atoms with van der Waals surface area (Å²) in [6, 6.07) is 21.4. The number of hydrogen-bond donors (Lipinski definition) is 1. The summed E-state index contributed by atoms with van der Waals surface area (Å²) >= 11 is 2.86. The Morgan fingerprint density at radius 2 is 1.93 bits per heavy atom. The second-order valence-corrected chi connectivity index (χ2v) is 12.2. The molecule has 2 atom stereocenters. The first-order valence-corrected chi connectivity index (χ1v) is 16.0. The molecule has 1 N–H and O–H groups in total. The van der Waals surface area contributed by atoms with Gasteiger partial charge in [-0.25, -0.2) is 4.79 Å². The molecule has 2 aliphatic rings. The van der Waals surface area contributed by atoms with Crippen LogP contribution in [0, 0.1) is 0 Å². The molecule has 12 heteroatoms. The van der Waals surface area contributed by atoms with Crippen molar-refractivity contribution < 1.29 is 28.4 Å². The van der Waals surface area contributed by atoms with E-state index >= 15 is 0 Å². The smallest absolute Gasteiger partial charge is 0.355 e. The minimum absolute atomic E-state index is 0.0105. The quantitative estimate of drug-likeness (QED) is 0.137. The summed E-state index contributed by atoms with van der Waals surface area (Å²) < 4.78 is 16.4. The van der Waals surface area contributed by atoms with Gasteiger partial charge in [0.05, 0.1) is 12.9 Å². The third-order valence-corrected chi connectivity index (χ3v) is 9.40. The summed E-state index contributed by atoms with van der Waals surface area (Å²) in [5, 5.41) is 6.52. The number of benzene rings is 2. The molecule has 1 saturated heterocycles. The fraction of sp³-hybridized carbons (Fsp3) is 0.182. The lowest BCUT2D eigenvalue weighted by Gasteiger charge is -2.49. The van der Waals surface area contributed by atoms with Crippen molar-refractivity contribution in [2.75, 3.05) is 18.6 Å². The Kier molecular flexibility index (Phi) is 9.32. The molecule has 45 heavy (non-hydrogen) atoms. The van der Waals surface area contributed by atoms with E-state index < -0.39 is 17.4 Å². The van der Waals surface area contributed by atoms with Crippen LogP contribution in [0.5, 0.6) is 5.75 Å². The number of esters is 1. The Bertz CT molecular complexity index is 1740. The van der Waals surface area contributed by atoms with Crippen molar-refractivity contribution in [1.82, 2.24) is 20.4 Å². The highest BCUT2D eigenvalue weighted by Crippen LogP contribution is 2.41. The molecule has 2 aromatic heterocycles. The molecule has 4 aromatic rings. The van der Waals surface area contributed by atoms with Crippen LogP contribution < -0.4 is 10.1 Å². The van der Waals surface area contributed by atoms with E-state index in [1.807, 2.05) is 42.5 Å². The van der Waals surface area contributed by atoms with Gasteiger partial charge in [0.25, 0.3) is 5.91 Å². The molecule has 10 nitrogen and oxygen atoms in total. The van der Waals surface area contributed by atoms with Crippen molar-refractivity contribution in [1.29, 1.82) is 0 Å². The fourth-order valence-corrected chi connectivity index (χ4v) is 6.83. The standard InChI is InChI=1S/C33H28N4O6S2/c1-41-24-12-9-21(10-13-24)18-42-33(40)30-23(11-14-25-16-27(36-43-25)22-6-5-15-34-17-22)19-45-32-29(31(39)37(30)32)35-28(38)20-44-26-7-3-2-4-8-26/h2-17,29,32H,18-20H2,1H3,(H,35,38)/b14-11+/t29-,32-/m1/s1. The number of carbonyl (C=O) groups is 3. The van der Waals surface area contributed by atoms with E-state index in [1.165, 1.54) is 28.4 Å². The number of thioether (sulfide) groups is 2. The van der Waals surface area contributed by atoms with Gasteiger partial charge in [-0.15, -0.1) is 23.5 Å². The van der Waals surface area contributed by atoms with Crippen molar-refractivity contribution >= 4 is 47.4 Å². The molecule has 0 spiro atoms. The average Bonchev–Trinajstić information content (AvgIpc) is 3.57. The first-order valence-electron chi connectivity index (χ1n) is 14.0. The molecule has 0 aliphatic carbocycles. The van der Waals surface area contributed by atoms with Crippen LogP contribution >= 0.6 is 23.5 Å². The number of ether oxygens (including phenoxy) is 2. The molecule has 2 aromatic carbocycles. The van der Waals surface area contributed by atoms with E-state index in [2.05, 4.69) is 15.5 Å². The third kappa shape index (κ3) is 6.97. The van der Waals surface area contributed by atoms with Gasteiger partial charge in [0.15, 0.2) is 5.76 Å². The second-order valence-electron chi connectivity index (χ2n) is 10.0. The minimum atomic E-state index is -0.745. The fourth-order valence-electron chi connectivity index (χ4n) is 4.78. The Morgan fingerprint density at radius 3 is 2.69 bits per heavy atom. The largest absolute Gasteiger partial charge is 0.497 e. The number of carbonyl (C=O) groups excluding carboxylic acids is 3. The summed E-state index contributed by atoms with van der Waals surface area (Å²) in [4.78, 5) is 46.2. The normalized spacial score (nSPS) is 17.5. The van der Waals surface area contributed by atoms with E-state index in [4.69, 9.17) is 14.0 Å². The maximum atomic E-state index is 13.6. The number of nitrogens with zero attached hydrogens (tertiary/aromatic N) is 3. The molecule has 6 rings (SSSR count). The number of pyridine rings is 1. The van der Waals surface area contributed by atoms with Crippen LogP contribution in [0.4, 0.5) is 0 Å². The summed E-state index contributed by atoms with van der Waals surface area (Å²) in [6.07, 6.45) is 6.80. The van der Waals surface area contributed by atoms with Crippen LogP contribution in [0.2, 0.25) is 0 Å². The SMILES string of the molecule is COc1ccc(COC(=O)C2=C(/C=C/c3cc(-c4cccnc4)no3)CS[C@@H]3[C@H](NC(=O)CSc4ccccc4)C(=O)N23)cc1. The van der Waals surface area contributed by atoms with E-state index in [-0.39, 0.29) is 29.9 Å². The topological polar surface area (TPSA) is 124 Å². The number of amides is 2. The van der Waals surface area contributed by atoms with Crippen molar-refractivity contribution in [2.24, 2.45) is 0 Å². The number of β-lactam (4-membered cyclic amide) rings is 1. The number of nitrogens with one attached hydrogen (secondary N) is 1. The van der Waals surface area contributed by atoms with Gasteiger partial charge in [-0.1, -0.05) is 41.6 Å². The highest BCUT2D eigenvalue weighted by atomic mass is 32.2. The monoisotopic (exact) mass is 640 g/mol. The van der Waals surface area contributed by atoms with Gasteiger partial charge < -0.3 is 19.3 Å². The zero-order chi connectivity index (χ0) is 31.2. The maximum Gasteiger partial charge on any atom is 0.355 e. The number of rotatable bonds is 11. The van der Waals surface area contributed by atoms with Crippen LogP contribution in [0.25, 0.3) is 17.3 Å². The van der Waals surface area contributed by atoms with E-state index in [0.717, 1.165) is 16.0 Å². The molecule has 2 amide bonds. The maximum absolute atomic E-state index is 13.6. The summed E-state index contributed by atoms with van der Waals surface area (Å²) in [5.41, 5.74) is 2.93. The molecular weight excluding hydrogens is 613 g/mol. The first kappa shape index (κ1) is 30.2. The number of fused-ring (bicyclic) bond motifs is 1. The lowest BCUT2D eigenvalue weighted by atomic mass is 10.0. The first-order chi connectivity index (χ1) is 22.0. The number of aromatic nitrogens is 2. The lowest BCUT2D eigenvalue weighted by Crippen LogP contribution is -2.70. The summed E-state index contributed by atoms with van der Waals surface area (Å²) in [7, 11) is 1.58. The zero-order valence-electron chi connectivity index (χ0n) is 24.1. The molecule has 2 aliphatic heterocycles. The van der Waals surface area contributed by atoms with Gasteiger partial charge in [-0.2, -0.15) is 0 Å². The van der Waals surface area contributed by atoms with Gasteiger partial charge in [-0.05, 0) is 53.6 Å². The van der Waals surface area contributed by atoms with Gasteiger partial charge in [-0.3, -0.25) is 19.5 Å². The van der Waals surface area contributed by atoms with E-state index in [1.54, 1.807) is 62.0 Å². The lowest BCUT2D eigenvalue weighted by molar-refractivity contribution is -0.153. The van der Waals surface area contributed by atoms with Crippen LogP contribution in [-0.2, 0) is 25.7 Å². The highest BCUT2D eigenvalue weighted by Gasteiger charge is 2.54. The second kappa shape index (κ2) is 13.9. The molecule has 0 radical (unpaired) electrons. The number of methoxy groups -OCH3 is 1. The number of allylic oxidation sites excluding steroid dienone is 1. The Hall–Kier alpha value is -4.81. The molecule has 228 valence electrons. The molecule has 0 bridgehead atoms. The Labute approximate surface area is 267 Å². The van der Waals surface area contributed by atoms with Crippen molar-refractivity contribution in [3.05, 3.63) is 114 Å². The molecular formula is C33H28N4O6S2. The summed E-state index contributed by atoms with van der Waals surface area (Å²) in [6.45, 7) is 0.0105. The van der Waals surface area contributed by atoms with Gasteiger partial charge in [0, 0.05) is 34.7 Å². The van der Waals surface area contributed by atoms with Gasteiger partial charge >= 0.3 is 5.97 Å².